The maximum Gasteiger partial charge on any atom is 0.183 e. The molecule has 0 bridgehead atoms. The fraction of sp³-hybridized carbons (Fsp3) is 0.200. The van der Waals surface area contributed by atoms with Gasteiger partial charge in [-0.15, -0.1) is 0 Å². The van der Waals surface area contributed by atoms with Gasteiger partial charge in [0, 0.05) is 0 Å². The second kappa shape index (κ2) is 6.04. The number of thioether (sulfide) groups is 1. The molecule has 0 saturated heterocycles. The molecule has 0 saturated carbocycles. The van der Waals surface area contributed by atoms with Crippen molar-refractivity contribution < 1.29 is 4.39 Å². The van der Waals surface area contributed by atoms with Crippen molar-refractivity contribution in [2.24, 2.45) is 4.99 Å². The molecular weight excluding hydrogens is 213 g/mol. The van der Waals surface area contributed by atoms with E-state index in [1.807, 2.05) is 6.26 Å². The summed E-state index contributed by atoms with van der Waals surface area (Å²) in [7, 11) is 0. The minimum atomic E-state index is -0.261. The van der Waals surface area contributed by atoms with Gasteiger partial charge in [-0.1, -0.05) is 23.9 Å². The van der Waals surface area contributed by atoms with Crippen LogP contribution in [0.5, 0.6) is 0 Å². The Morgan fingerprint density at radius 3 is 2.73 bits per heavy atom. The summed E-state index contributed by atoms with van der Waals surface area (Å²) in [5.41, 5.74) is 0.905. The third-order valence-electron chi connectivity index (χ3n) is 1.67. The monoisotopic (exact) mass is 223 g/mol. The summed E-state index contributed by atoms with van der Waals surface area (Å²) in [6.07, 6.45) is 3.63. The minimum absolute atomic E-state index is 0.261. The van der Waals surface area contributed by atoms with Crippen LogP contribution in [0, 0.1) is 17.3 Å². The largest absolute Gasteiger partial charge is 0.272 e. The summed E-state index contributed by atoms with van der Waals surface area (Å²) < 4.78 is 12.6. The van der Waals surface area contributed by atoms with Gasteiger partial charge in [-0.25, -0.2) is 4.39 Å². The van der Waals surface area contributed by atoms with E-state index in [2.05, 4.69) is 10.3 Å². The van der Waals surface area contributed by atoms with E-state index in [0.29, 0.717) is 11.7 Å². The van der Waals surface area contributed by atoms with Crippen LogP contribution >= 0.6 is 11.8 Å². The van der Waals surface area contributed by atoms with E-state index in [-0.39, 0.29) is 5.82 Å². The Bertz CT molecular complexity index is 381. The molecule has 0 amide bonds. The van der Waals surface area contributed by atoms with Crippen LogP contribution < -0.4 is 5.32 Å². The zero-order valence-electron chi connectivity index (χ0n) is 8.20. The van der Waals surface area contributed by atoms with Crippen LogP contribution in [-0.2, 0) is 6.54 Å². The van der Waals surface area contributed by atoms with Gasteiger partial charge in [0.2, 0.25) is 0 Å². The zero-order chi connectivity index (χ0) is 11.1. The number of aliphatic imine (C=N–C) groups is 1. The molecule has 0 spiro atoms. The summed E-state index contributed by atoms with van der Waals surface area (Å²) in [4.78, 5) is 4.16. The van der Waals surface area contributed by atoms with Crippen LogP contribution in [0.15, 0.2) is 29.3 Å². The third-order valence-corrected chi connectivity index (χ3v) is 2.29. The molecule has 15 heavy (non-hydrogen) atoms. The Hall–Kier alpha value is -1.54. The molecular formula is C10H10FN3S. The first kappa shape index (κ1) is 11.5. The van der Waals surface area contributed by atoms with Gasteiger partial charge in [-0.05, 0) is 24.0 Å². The Morgan fingerprint density at radius 1 is 1.53 bits per heavy atom. The van der Waals surface area contributed by atoms with E-state index in [0.717, 1.165) is 5.56 Å². The Morgan fingerprint density at radius 2 is 2.20 bits per heavy atom. The summed E-state index contributed by atoms with van der Waals surface area (Å²) in [5.74, 6) is -0.261. The van der Waals surface area contributed by atoms with Crippen LogP contribution in [-0.4, -0.2) is 11.4 Å². The van der Waals surface area contributed by atoms with Crippen molar-refractivity contribution in [1.29, 1.82) is 5.26 Å². The highest BCUT2D eigenvalue weighted by molar-refractivity contribution is 8.13. The summed E-state index contributed by atoms with van der Waals surface area (Å²) >= 11 is 1.36. The molecule has 1 N–H and O–H groups in total. The number of hydrogen-bond acceptors (Lipinski definition) is 3. The highest BCUT2D eigenvalue weighted by Crippen LogP contribution is 2.05. The Kier molecular flexibility index (Phi) is 4.64. The molecule has 1 rings (SSSR count). The van der Waals surface area contributed by atoms with Gasteiger partial charge in [0.1, 0.15) is 5.82 Å². The highest BCUT2D eigenvalue weighted by atomic mass is 32.2. The lowest BCUT2D eigenvalue weighted by Gasteiger charge is -2.00. The number of amidine groups is 1. The lowest BCUT2D eigenvalue weighted by atomic mass is 10.2. The molecule has 0 heterocycles. The van der Waals surface area contributed by atoms with Gasteiger partial charge in [-0.2, -0.15) is 5.26 Å². The van der Waals surface area contributed by atoms with Crippen molar-refractivity contribution in [3.63, 3.8) is 0 Å². The predicted octanol–water partition coefficient (Wildman–Crippen LogP) is 2.12. The maximum atomic E-state index is 12.6. The van der Waals surface area contributed by atoms with Gasteiger partial charge in [0.05, 0.1) is 6.54 Å². The van der Waals surface area contributed by atoms with Crippen molar-refractivity contribution in [3.8, 4) is 6.19 Å². The second-order valence-corrected chi connectivity index (χ2v) is 3.48. The molecule has 0 radical (unpaired) electrons. The van der Waals surface area contributed by atoms with Crippen molar-refractivity contribution in [2.45, 2.75) is 6.54 Å². The molecule has 5 heteroatoms. The Labute approximate surface area is 92.0 Å². The molecule has 0 aliphatic rings. The van der Waals surface area contributed by atoms with Crippen molar-refractivity contribution in [3.05, 3.63) is 35.6 Å². The lowest BCUT2D eigenvalue weighted by molar-refractivity contribution is 0.627. The topological polar surface area (TPSA) is 48.2 Å². The van der Waals surface area contributed by atoms with Crippen molar-refractivity contribution >= 4 is 16.9 Å². The SMILES string of the molecule is CSC(=NCc1ccc(F)cc1)NC#N. The van der Waals surface area contributed by atoms with E-state index >= 15 is 0 Å². The van der Waals surface area contributed by atoms with E-state index in [4.69, 9.17) is 5.26 Å². The number of nitrogens with zero attached hydrogens (tertiary/aromatic N) is 2. The molecule has 0 aliphatic carbocycles. The maximum absolute atomic E-state index is 12.6. The fourth-order valence-corrected chi connectivity index (χ4v) is 1.30. The summed E-state index contributed by atoms with van der Waals surface area (Å²) in [6, 6.07) is 6.12. The highest BCUT2D eigenvalue weighted by Gasteiger charge is 1.95. The minimum Gasteiger partial charge on any atom is -0.272 e. The lowest BCUT2D eigenvalue weighted by Crippen LogP contribution is -2.13. The van der Waals surface area contributed by atoms with Gasteiger partial charge in [-0.3, -0.25) is 10.3 Å². The Balaban J connectivity index is 2.62. The van der Waals surface area contributed by atoms with Crippen LogP contribution in [0.4, 0.5) is 4.39 Å². The van der Waals surface area contributed by atoms with Crippen LogP contribution in [0.2, 0.25) is 0 Å². The molecule has 78 valence electrons. The molecule has 0 aromatic heterocycles. The molecule has 0 fully saturated rings. The number of benzene rings is 1. The average molecular weight is 223 g/mol. The average Bonchev–Trinajstić information content (AvgIpc) is 2.26. The summed E-state index contributed by atoms with van der Waals surface area (Å²) in [6.45, 7) is 0.436. The van der Waals surface area contributed by atoms with Crippen LogP contribution in [0.25, 0.3) is 0 Å². The standard InChI is InChI=1S/C10H10FN3S/c1-15-10(14-7-12)13-6-8-2-4-9(11)5-3-8/h2-5H,6H2,1H3,(H,13,14). The van der Waals surface area contributed by atoms with Crippen molar-refractivity contribution in [1.82, 2.24) is 5.32 Å². The van der Waals surface area contributed by atoms with Gasteiger partial charge >= 0.3 is 0 Å². The zero-order valence-corrected chi connectivity index (χ0v) is 9.01. The van der Waals surface area contributed by atoms with Crippen LogP contribution in [0.3, 0.4) is 0 Å². The molecule has 1 aromatic carbocycles. The van der Waals surface area contributed by atoms with Gasteiger partial charge in [0.15, 0.2) is 11.4 Å². The molecule has 0 unspecified atom stereocenters. The summed E-state index contributed by atoms with van der Waals surface area (Å²) in [5, 5.41) is 11.4. The molecule has 3 nitrogen and oxygen atoms in total. The number of halogens is 1. The third kappa shape index (κ3) is 4.00. The quantitative estimate of drug-likeness (QED) is 0.361. The molecule has 0 aliphatic heterocycles. The molecule has 0 atom stereocenters. The number of nitriles is 1. The van der Waals surface area contributed by atoms with Gasteiger partial charge < -0.3 is 0 Å². The first-order chi connectivity index (χ1) is 7.26. The normalized spacial score (nSPS) is 10.9. The fourth-order valence-electron chi connectivity index (χ4n) is 0.956. The second-order valence-electron chi connectivity index (χ2n) is 2.69. The van der Waals surface area contributed by atoms with E-state index in [1.54, 1.807) is 18.3 Å². The van der Waals surface area contributed by atoms with E-state index in [9.17, 15) is 4.39 Å². The number of hydrogen-bond donors (Lipinski definition) is 1. The van der Waals surface area contributed by atoms with Crippen LogP contribution in [0.1, 0.15) is 5.56 Å². The first-order valence-electron chi connectivity index (χ1n) is 4.24. The number of nitrogens with one attached hydrogen (secondary N) is 1. The smallest absolute Gasteiger partial charge is 0.183 e. The van der Waals surface area contributed by atoms with E-state index in [1.165, 1.54) is 23.9 Å². The van der Waals surface area contributed by atoms with Gasteiger partial charge in [0.25, 0.3) is 0 Å². The molecule has 1 aromatic rings. The first-order valence-corrected chi connectivity index (χ1v) is 5.46. The van der Waals surface area contributed by atoms with Crippen molar-refractivity contribution in [2.75, 3.05) is 6.26 Å². The number of rotatable bonds is 2. The van der Waals surface area contributed by atoms with E-state index < -0.39 is 0 Å². The predicted molar refractivity (Wildman–Crippen MR) is 59.8 cm³/mol.